The average Bonchev–Trinajstić information content (AvgIpc) is 3.28. The van der Waals surface area contributed by atoms with E-state index in [2.05, 4.69) is 73.6 Å². The second-order valence-electron chi connectivity index (χ2n) is 13.5. The monoisotopic (exact) mass is 558 g/mol. The molecule has 0 aromatic carbocycles. The van der Waals surface area contributed by atoms with Gasteiger partial charge in [0.2, 0.25) is 0 Å². The van der Waals surface area contributed by atoms with Crippen LogP contribution in [0.25, 0.3) is 0 Å². The molecule has 38 heavy (non-hydrogen) atoms. The number of fused-ring (bicyclic) bond motifs is 5. The summed E-state index contributed by atoms with van der Waals surface area (Å²) in [6, 6.07) is 7.23. The number of rotatable bonds is 11. The molecule has 0 aromatic heterocycles. The first-order valence-electron chi connectivity index (χ1n) is 16.2. The number of hydrogen-bond acceptors (Lipinski definition) is 3. The van der Waals surface area contributed by atoms with Crippen LogP contribution in [0.3, 0.4) is 0 Å². The standard InChI is InChI=1S/C33H58O3Si2/c1-10-37(11-2,12-3)35-26-22-25-16-17-27-29-19-18-28(24(7)34)32(29,8)21-20-30(27)33(25,9)31(23-26)36-38(13-4,14-5)15-6/h16-18,24,26,29-31,34H,10-15,19-23H2,1-9H3/t24-,26+,29-,30-,31-,32+,33-/m0/s1. The molecule has 4 aliphatic rings. The summed E-state index contributed by atoms with van der Waals surface area (Å²) < 4.78 is 14.7. The lowest BCUT2D eigenvalue weighted by Crippen LogP contribution is -2.57. The molecule has 2 fully saturated rings. The molecule has 5 heteroatoms. The first-order valence-corrected chi connectivity index (χ1v) is 21.2. The van der Waals surface area contributed by atoms with Crippen LogP contribution in [-0.4, -0.2) is 40.1 Å². The molecule has 4 rings (SSSR count). The van der Waals surface area contributed by atoms with Gasteiger partial charge in [0.05, 0.1) is 18.3 Å². The fraction of sp³-hybridized carbons (Fsp3) is 0.818. The van der Waals surface area contributed by atoms with Gasteiger partial charge in [-0.3, -0.25) is 0 Å². The van der Waals surface area contributed by atoms with Gasteiger partial charge in [-0.25, -0.2) is 0 Å². The van der Waals surface area contributed by atoms with Gasteiger partial charge >= 0.3 is 0 Å². The van der Waals surface area contributed by atoms with Crippen LogP contribution in [0.15, 0.2) is 34.9 Å². The zero-order valence-electron chi connectivity index (χ0n) is 26.2. The molecule has 0 aliphatic heterocycles. The molecule has 3 nitrogen and oxygen atoms in total. The van der Waals surface area contributed by atoms with Gasteiger partial charge in [-0.15, -0.1) is 0 Å². The Morgan fingerprint density at radius 3 is 2.03 bits per heavy atom. The summed E-state index contributed by atoms with van der Waals surface area (Å²) >= 11 is 0. The van der Waals surface area contributed by atoms with Crippen molar-refractivity contribution < 1.29 is 14.0 Å². The zero-order valence-corrected chi connectivity index (χ0v) is 28.2. The van der Waals surface area contributed by atoms with E-state index in [1.165, 1.54) is 54.7 Å². The van der Waals surface area contributed by atoms with E-state index in [-0.39, 0.29) is 23.0 Å². The molecule has 0 unspecified atom stereocenters. The minimum Gasteiger partial charge on any atom is -0.414 e. The maximum atomic E-state index is 10.6. The molecular formula is C33H58O3Si2. The Balaban J connectivity index is 1.74. The molecule has 7 atom stereocenters. The van der Waals surface area contributed by atoms with Gasteiger partial charge in [-0.05, 0) is 98.1 Å². The molecule has 216 valence electrons. The Kier molecular flexibility index (Phi) is 9.17. The molecule has 0 amide bonds. The average molecular weight is 559 g/mol. The highest BCUT2D eigenvalue weighted by molar-refractivity contribution is 6.74. The van der Waals surface area contributed by atoms with Crippen molar-refractivity contribution in [2.45, 2.75) is 149 Å². The topological polar surface area (TPSA) is 38.7 Å². The van der Waals surface area contributed by atoms with Crippen molar-refractivity contribution in [3.63, 3.8) is 0 Å². The van der Waals surface area contributed by atoms with Crippen LogP contribution in [0.1, 0.15) is 94.4 Å². The van der Waals surface area contributed by atoms with E-state index in [9.17, 15) is 5.11 Å². The Bertz CT molecular complexity index is 927. The third kappa shape index (κ3) is 4.84. The van der Waals surface area contributed by atoms with Gasteiger partial charge in [0, 0.05) is 5.41 Å². The SMILES string of the molecule is CC[Si](CC)(CC)O[C@@H]1CC2=CC=C3[C@H](CC[C@]4(C)C([C@H](C)O)=CC[C@@H]34)[C@@]2(C)[C@@H](O[Si](CC)(CC)CC)C1. The van der Waals surface area contributed by atoms with E-state index in [0.717, 1.165) is 19.3 Å². The van der Waals surface area contributed by atoms with Crippen LogP contribution in [0, 0.1) is 22.7 Å². The van der Waals surface area contributed by atoms with Crippen LogP contribution >= 0.6 is 0 Å². The first-order chi connectivity index (χ1) is 18.0. The molecule has 0 spiro atoms. The highest BCUT2D eigenvalue weighted by Gasteiger charge is 2.59. The number of hydrogen-bond donors (Lipinski definition) is 1. The number of aliphatic hydroxyl groups is 1. The molecule has 0 radical (unpaired) electrons. The molecule has 1 N–H and O–H groups in total. The largest absolute Gasteiger partial charge is 0.414 e. The van der Waals surface area contributed by atoms with Crippen molar-refractivity contribution in [1.29, 1.82) is 0 Å². The fourth-order valence-corrected chi connectivity index (χ4v) is 15.0. The van der Waals surface area contributed by atoms with E-state index in [1.54, 1.807) is 11.1 Å². The van der Waals surface area contributed by atoms with Crippen molar-refractivity contribution in [3.8, 4) is 0 Å². The van der Waals surface area contributed by atoms with Crippen LogP contribution in [0.2, 0.25) is 36.3 Å². The maximum absolute atomic E-state index is 10.6. The first kappa shape index (κ1) is 30.5. The molecule has 0 saturated heterocycles. The molecule has 0 heterocycles. The molecular weight excluding hydrogens is 501 g/mol. The second kappa shape index (κ2) is 11.4. The summed E-state index contributed by atoms with van der Waals surface area (Å²) in [7, 11) is -3.50. The Morgan fingerprint density at radius 1 is 0.895 bits per heavy atom. The van der Waals surface area contributed by atoms with Crippen molar-refractivity contribution in [1.82, 2.24) is 0 Å². The third-order valence-corrected chi connectivity index (χ3v) is 21.7. The molecule has 0 aromatic rings. The van der Waals surface area contributed by atoms with Crippen LogP contribution < -0.4 is 0 Å². The third-order valence-electron chi connectivity index (χ3n) is 12.4. The highest BCUT2D eigenvalue weighted by atomic mass is 28.4. The van der Waals surface area contributed by atoms with Crippen LogP contribution in [-0.2, 0) is 8.85 Å². The number of aliphatic hydroxyl groups excluding tert-OH is 1. The predicted molar refractivity (Wildman–Crippen MR) is 166 cm³/mol. The predicted octanol–water partition coefficient (Wildman–Crippen LogP) is 9.18. The van der Waals surface area contributed by atoms with E-state index in [4.69, 9.17) is 8.85 Å². The van der Waals surface area contributed by atoms with Gasteiger partial charge in [0.25, 0.3) is 0 Å². The quantitative estimate of drug-likeness (QED) is 0.203. The smallest absolute Gasteiger partial charge is 0.192 e. The number of allylic oxidation sites excluding steroid dienone is 4. The Morgan fingerprint density at radius 2 is 1.47 bits per heavy atom. The van der Waals surface area contributed by atoms with Gasteiger partial charge in [-0.2, -0.15) is 0 Å². The lowest BCUT2D eigenvalue weighted by atomic mass is 9.49. The van der Waals surface area contributed by atoms with Crippen molar-refractivity contribution in [2.75, 3.05) is 0 Å². The van der Waals surface area contributed by atoms with Crippen LogP contribution in [0.4, 0.5) is 0 Å². The van der Waals surface area contributed by atoms with E-state index in [1.807, 2.05) is 6.92 Å². The molecule has 4 aliphatic carbocycles. The summed E-state index contributed by atoms with van der Waals surface area (Å²) in [5.74, 6) is 1.05. The lowest BCUT2D eigenvalue weighted by molar-refractivity contribution is -0.0381. The van der Waals surface area contributed by atoms with Gasteiger partial charge in [0.1, 0.15) is 0 Å². The summed E-state index contributed by atoms with van der Waals surface area (Å²) in [4.78, 5) is 0. The Labute approximate surface area is 236 Å². The fourth-order valence-electron chi connectivity index (χ4n) is 9.19. The summed E-state index contributed by atoms with van der Waals surface area (Å²) in [5, 5.41) is 10.6. The normalized spacial score (nSPS) is 36.0. The van der Waals surface area contributed by atoms with E-state index >= 15 is 0 Å². The zero-order chi connectivity index (χ0) is 27.9. The van der Waals surface area contributed by atoms with E-state index in [0.29, 0.717) is 17.9 Å². The maximum Gasteiger partial charge on any atom is 0.192 e. The lowest BCUT2D eigenvalue weighted by Gasteiger charge is -2.59. The van der Waals surface area contributed by atoms with E-state index < -0.39 is 16.6 Å². The molecule has 0 bridgehead atoms. The van der Waals surface area contributed by atoms with Crippen molar-refractivity contribution >= 4 is 16.6 Å². The minimum atomic E-state index is -1.80. The van der Waals surface area contributed by atoms with Crippen molar-refractivity contribution in [2.24, 2.45) is 22.7 Å². The molecule has 2 saturated carbocycles. The summed E-state index contributed by atoms with van der Waals surface area (Å²) in [5.41, 5.74) is 4.65. The Hall–Kier alpha value is -0.466. The second-order valence-corrected chi connectivity index (χ2v) is 23.0. The van der Waals surface area contributed by atoms with Gasteiger partial charge in [-0.1, -0.05) is 84.8 Å². The minimum absolute atomic E-state index is 0.0471. The van der Waals surface area contributed by atoms with Gasteiger partial charge < -0.3 is 14.0 Å². The van der Waals surface area contributed by atoms with Crippen molar-refractivity contribution in [3.05, 3.63) is 34.9 Å². The highest BCUT2D eigenvalue weighted by Crippen LogP contribution is 2.64. The van der Waals surface area contributed by atoms with Crippen LogP contribution in [0.5, 0.6) is 0 Å². The van der Waals surface area contributed by atoms with Gasteiger partial charge in [0.15, 0.2) is 16.6 Å². The summed E-state index contributed by atoms with van der Waals surface area (Å²) in [6.45, 7) is 21.1. The summed E-state index contributed by atoms with van der Waals surface area (Å²) in [6.07, 6.45) is 13.1.